The number of carboxylic acids is 1. The topological polar surface area (TPSA) is 94.2 Å². The molecule has 7 nitrogen and oxygen atoms in total. The van der Waals surface area contributed by atoms with Crippen LogP contribution in [-0.2, 0) is 13.2 Å². The first-order valence-corrected chi connectivity index (χ1v) is 7.52. The SMILES string of the molecule is Cn1c(C(F)(F)F)cc(=O)n(-c2cc3c(C(=O)O)nsc3cc2F)c1=O. The van der Waals surface area contributed by atoms with Crippen molar-refractivity contribution in [1.29, 1.82) is 0 Å². The van der Waals surface area contributed by atoms with Gasteiger partial charge in [-0.05, 0) is 23.7 Å². The van der Waals surface area contributed by atoms with Gasteiger partial charge in [0.2, 0.25) is 0 Å². The number of alkyl halides is 3. The molecule has 0 unspecified atom stereocenters. The van der Waals surface area contributed by atoms with E-state index in [2.05, 4.69) is 4.37 Å². The summed E-state index contributed by atoms with van der Waals surface area (Å²) in [6.45, 7) is 0. The molecule has 0 aliphatic rings. The van der Waals surface area contributed by atoms with Crippen LogP contribution in [-0.4, -0.2) is 24.6 Å². The summed E-state index contributed by atoms with van der Waals surface area (Å²) in [6, 6.07) is 1.92. The molecule has 0 spiro atoms. The van der Waals surface area contributed by atoms with Crippen LogP contribution in [0.1, 0.15) is 16.2 Å². The predicted molar refractivity (Wildman–Crippen MR) is 82.4 cm³/mol. The first-order valence-electron chi connectivity index (χ1n) is 6.75. The van der Waals surface area contributed by atoms with Crippen molar-refractivity contribution in [2.75, 3.05) is 0 Å². The van der Waals surface area contributed by atoms with E-state index in [1.54, 1.807) is 0 Å². The molecule has 2 aromatic heterocycles. The van der Waals surface area contributed by atoms with Gasteiger partial charge in [-0.1, -0.05) is 0 Å². The van der Waals surface area contributed by atoms with E-state index >= 15 is 0 Å². The summed E-state index contributed by atoms with van der Waals surface area (Å²) in [6.07, 6.45) is -4.96. The number of hydrogen-bond donors (Lipinski definition) is 1. The van der Waals surface area contributed by atoms with Crippen LogP contribution in [0.15, 0.2) is 27.8 Å². The number of nitrogens with zero attached hydrogens (tertiary/aromatic N) is 3. The Bertz CT molecular complexity index is 1180. The van der Waals surface area contributed by atoms with Crippen LogP contribution in [0.5, 0.6) is 0 Å². The first kappa shape index (κ1) is 17.8. The van der Waals surface area contributed by atoms with Gasteiger partial charge in [-0.3, -0.25) is 9.36 Å². The maximum Gasteiger partial charge on any atom is 0.431 e. The van der Waals surface area contributed by atoms with Gasteiger partial charge < -0.3 is 5.11 Å². The second kappa shape index (κ2) is 5.76. The van der Waals surface area contributed by atoms with Crippen molar-refractivity contribution in [3.05, 3.63) is 56.2 Å². The molecule has 0 saturated heterocycles. The minimum absolute atomic E-state index is 0.0484. The van der Waals surface area contributed by atoms with Gasteiger partial charge in [-0.15, -0.1) is 0 Å². The Morgan fingerprint density at radius 3 is 2.46 bits per heavy atom. The van der Waals surface area contributed by atoms with Gasteiger partial charge in [0, 0.05) is 18.5 Å². The molecule has 3 rings (SSSR count). The zero-order valence-electron chi connectivity index (χ0n) is 12.7. The van der Waals surface area contributed by atoms with Gasteiger partial charge in [0.25, 0.3) is 5.56 Å². The fourth-order valence-corrected chi connectivity index (χ4v) is 3.17. The highest BCUT2D eigenvalue weighted by Crippen LogP contribution is 2.29. The fraction of sp³-hybridized carbons (Fsp3) is 0.143. The lowest BCUT2D eigenvalue weighted by Gasteiger charge is -2.14. The minimum atomic E-state index is -4.96. The number of rotatable bonds is 2. The van der Waals surface area contributed by atoms with Crippen molar-refractivity contribution in [1.82, 2.24) is 13.5 Å². The maximum absolute atomic E-state index is 14.3. The third-order valence-corrected chi connectivity index (χ3v) is 4.40. The Morgan fingerprint density at radius 1 is 1.23 bits per heavy atom. The molecule has 2 heterocycles. The summed E-state index contributed by atoms with van der Waals surface area (Å²) in [5, 5.41) is 9.02. The molecule has 0 aliphatic heterocycles. The molecule has 1 N–H and O–H groups in total. The average molecular weight is 389 g/mol. The van der Waals surface area contributed by atoms with Gasteiger partial charge in [-0.2, -0.15) is 17.5 Å². The molecule has 0 aliphatic carbocycles. The van der Waals surface area contributed by atoms with E-state index in [1.807, 2.05) is 0 Å². The van der Waals surface area contributed by atoms with Crippen molar-refractivity contribution < 1.29 is 27.5 Å². The first-order chi connectivity index (χ1) is 12.0. The lowest BCUT2D eigenvalue weighted by atomic mass is 10.2. The number of fused-ring (bicyclic) bond motifs is 1. The summed E-state index contributed by atoms with van der Waals surface area (Å²) in [5.41, 5.74) is -5.42. The number of carboxylic acid groups (broad SMARTS) is 1. The van der Waals surface area contributed by atoms with Crippen LogP contribution in [0.4, 0.5) is 17.6 Å². The van der Waals surface area contributed by atoms with Crippen molar-refractivity contribution in [3.63, 3.8) is 0 Å². The van der Waals surface area contributed by atoms with Crippen molar-refractivity contribution in [3.8, 4) is 5.69 Å². The van der Waals surface area contributed by atoms with E-state index in [9.17, 15) is 31.9 Å². The second-order valence-electron chi connectivity index (χ2n) is 5.18. The number of aromatic carboxylic acids is 1. The van der Waals surface area contributed by atoms with Crippen LogP contribution in [0.25, 0.3) is 15.8 Å². The molecule has 0 fully saturated rings. The quantitative estimate of drug-likeness (QED) is 0.677. The van der Waals surface area contributed by atoms with Crippen molar-refractivity contribution >= 4 is 27.6 Å². The summed E-state index contributed by atoms with van der Waals surface area (Å²) < 4.78 is 57.1. The molecule has 12 heteroatoms. The van der Waals surface area contributed by atoms with Crippen LogP contribution in [0, 0.1) is 5.82 Å². The van der Waals surface area contributed by atoms with Crippen molar-refractivity contribution in [2.45, 2.75) is 6.18 Å². The van der Waals surface area contributed by atoms with Gasteiger partial charge >= 0.3 is 17.8 Å². The minimum Gasteiger partial charge on any atom is -0.476 e. The monoisotopic (exact) mass is 389 g/mol. The molecule has 0 amide bonds. The number of benzene rings is 1. The van der Waals surface area contributed by atoms with E-state index in [-0.39, 0.29) is 25.3 Å². The smallest absolute Gasteiger partial charge is 0.431 e. The summed E-state index contributed by atoms with van der Waals surface area (Å²) in [4.78, 5) is 35.4. The van der Waals surface area contributed by atoms with Gasteiger partial charge in [0.15, 0.2) is 5.69 Å². The maximum atomic E-state index is 14.3. The van der Waals surface area contributed by atoms with Gasteiger partial charge in [0.1, 0.15) is 11.5 Å². The van der Waals surface area contributed by atoms with Crippen LogP contribution >= 0.6 is 11.5 Å². The average Bonchev–Trinajstić information content (AvgIpc) is 2.93. The molecule has 3 aromatic rings. The lowest BCUT2D eigenvalue weighted by molar-refractivity contribution is -0.144. The number of halogens is 4. The fourth-order valence-electron chi connectivity index (χ4n) is 2.39. The summed E-state index contributed by atoms with van der Waals surface area (Å²) in [7, 11) is 0.784. The van der Waals surface area contributed by atoms with E-state index < -0.39 is 46.3 Å². The highest BCUT2D eigenvalue weighted by Gasteiger charge is 2.35. The van der Waals surface area contributed by atoms with Crippen LogP contribution in [0.2, 0.25) is 0 Å². The number of aromatic nitrogens is 3. The molecule has 26 heavy (non-hydrogen) atoms. The molecule has 1 aromatic carbocycles. The number of carbonyl (C=O) groups is 1. The summed E-state index contributed by atoms with van der Waals surface area (Å²) >= 11 is 0.687. The molecular formula is C14H7F4N3O4S. The molecule has 0 radical (unpaired) electrons. The normalized spacial score (nSPS) is 11.9. The van der Waals surface area contributed by atoms with Crippen LogP contribution < -0.4 is 11.2 Å². The predicted octanol–water partition coefficient (Wildman–Crippen LogP) is 2.00. The van der Waals surface area contributed by atoms with Crippen molar-refractivity contribution in [2.24, 2.45) is 7.05 Å². The Morgan fingerprint density at radius 2 is 1.88 bits per heavy atom. The highest BCUT2D eigenvalue weighted by atomic mass is 32.1. The van der Waals surface area contributed by atoms with E-state index in [4.69, 9.17) is 5.11 Å². The Kier molecular flexibility index (Phi) is 3.94. The Hall–Kier alpha value is -3.02. The Labute approximate surface area is 144 Å². The third-order valence-electron chi connectivity index (χ3n) is 3.59. The molecule has 0 saturated carbocycles. The highest BCUT2D eigenvalue weighted by molar-refractivity contribution is 7.13. The molecule has 0 atom stereocenters. The standard InChI is InChI=1S/C14H7F4N3O4S/c1-20-9(14(16,17)18)4-10(22)21(13(20)25)7-2-5-8(3-6(7)15)26-19-11(5)12(23)24/h2-4H,1H3,(H,23,24). The van der Waals surface area contributed by atoms with Gasteiger partial charge in [-0.25, -0.2) is 18.5 Å². The summed E-state index contributed by atoms with van der Waals surface area (Å²) in [5.74, 6) is -2.50. The lowest BCUT2D eigenvalue weighted by Crippen LogP contribution is -2.41. The van der Waals surface area contributed by atoms with E-state index in [0.29, 0.717) is 11.5 Å². The largest absolute Gasteiger partial charge is 0.476 e. The van der Waals surface area contributed by atoms with E-state index in [1.165, 1.54) is 0 Å². The van der Waals surface area contributed by atoms with Crippen LogP contribution in [0.3, 0.4) is 0 Å². The number of hydrogen-bond acceptors (Lipinski definition) is 5. The van der Waals surface area contributed by atoms with Gasteiger partial charge in [0.05, 0.1) is 10.4 Å². The molecule has 136 valence electrons. The van der Waals surface area contributed by atoms with E-state index in [0.717, 1.165) is 19.2 Å². The zero-order valence-corrected chi connectivity index (χ0v) is 13.5. The second-order valence-corrected chi connectivity index (χ2v) is 5.98. The Balaban J connectivity index is 2.37. The molecule has 0 bridgehead atoms. The zero-order chi connectivity index (χ0) is 19.4. The third kappa shape index (κ3) is 2.67. The molecular weight excluding hydrogens is 382 g/mol.